The Labute approximate surface area is 119 Å². The molecular formula is C15H19ClN2O. The van der Waals surface area contributed by atoms with Crippen molar-refractivity contribution in [2.75, 3.05) is 13.1 Å². The molecule has 0 fully saturated rings. The second kappa shape index (κ2) is 6.75. The van der Waals surface area contributed by atoms with Gasteiger partial charge in [0.15, 0.2) is 0 Å². The molecule has 2 aromatic rings. The Kier molecular flexibility index (Phi) is 5.02. The van der Waals surface area contributed by atoms with Gasteiger partial charge in [-0.1, -0.05) is 30.7 Å². The number of nitrogens with zero attached hydrogens (tertiary/aromatic N) is 1. The minimum Gasteiger partial charge on any atom is -0.468 e. The maximum absolute atomic E-state index is 6.06. The first kappa shape index (κ1) is 14.1. The topological polar surface area (TPSA) is 42.4 Å². The van der Waals surface area contributed by atoms with Crippen LogP contribution in [0.15, 0.2) is 47.1 Å². The van der Waals surface area contributed by atoms with Gasteiger partial charge < -0.3 is 10.2 Å². The summed E-state index contributed by atoms with van der Waals surface area (Å²) in [5, 5.41) is 0.741. The third kappa shape index (κ3) is 3.60. The molecule has 102 valence electrons. The van der Waals surface area contributed by atoms with Crippen LogP contribution in [0.2, 0.25) is 5.02 Å². The number of rotatable bonds is 6. The largest absolute Gasteiger partial charge is 0.468 e. The highest BCUT2D eigenvalue weighted by Crippen LogP contribution is 2.24. The first-order valence-electron chi connectivity index (χ1n) is 6.46. The molecule has 3 nitrogen and oxygen atoms in total. The van der Waals surface area contributed by atoms with Gasteiger partial charge in [-0.15, -0.1) is 0 Å². The zero-order valence-electron chi connectivity index (χ0n) is 11.1. The van der Waals surface area contributed by atoms with Crippen molar-refractivity contribution in [2.45, 2.75) is 19.5 Å². The van der Waals surface area contributed by atoms with Crippen LogP contribution >= 0.6 is 11.6 Å². The molecule has 0 amide bonds. The number of benzene rings is 1. The van der Waals surface area contributed by atoms with E-state index in [1.165, 1.54) is 0 Å². The Bertz CT molecular complexity index is 499. The smallest absolute Gasteiger partial charge is 0.117 e. The average molecular weight is 279 g/mol. The van der Waals surface area contributed by atoms with E-state index in [0.717, 1.165) is 29.4 Å². The lowest BCUT2D eigenvalue weighted by atomic mass is 10.1. The van der Waals surface area contributed by atoms with Crippen LogP contribution < -0.4 is 5.73 Å². The highest BCUT2D eigenvalue weighted by atomic mass is 35.5. The standard InChI is InChI=1S/C15H19ClN2O/c1-2-18(11-14-7-4-8-19-14)15(10-17)12-5-3-6-13(16)9-12/h3-9,15H,2,10-11,17H2,1H3. The summed E-state index contributed by atoms with van der Waals surface area (Å²) in [5.41, 5.74) is 7.09. The van der Waals surface area contributed by atoms with Crippen molar-refractivity contribution in [2.24, 2.45) is 5.73 Å². The van der Waals surface area contributed by atoms with Crippen LogP contribution in [0.4, 0.5) is 0 Å². The quantitative estimate of drug-likeness (QED) is 0.880. The molecule has 0 saturated heterocycles. The van der Waals surface area contributed by atoms with E-state index >= 15 is 0 Å². The lowest BCUT2D eigenvalue weighted by Crippen LogP contribution is -2.33. The zero-order chi connectivity index (χ0) is 13.7. The Morgan fingerprint density at radius 3 is 2.74 bits per heavy atom. The van der Waals surface area contributed by atoms with Crippen molar-refractivity contribution in [1.29, 1.82) is 0 Å². The summed E-state index contributed by atoms with van der Waals surface area (Å²) >= 11 is 6.06. The van der Waals surface area contributed by atoms with Gasteiger partial charge in [0.05, 0.1) is 12.8 Å². The van der Waals surface area contributed by atoms with E-state index in [-0.39, 0.29) is 6.04 Å². The molecule has 0 radical (unpaired) electrons. The van der Waals surface area contributed by atoms with Crippen LogP contribution in [-0.2, 0) is 6.54 Å². The highest BCUT2D eigenvalue weighted by Gasteiger charge is 2.19. The fourth-order valence-corrected chi connectivity index (χ4v) is 2.45. The number of furan rings is 1. The molecule has 0 aliphatic carbocycles. The van der Waals surface area contributed by atoms with Crippen LogP contribution in [-0.4, -0.2) is 18.0 Å². The van der Waals surface area contributed by atoms with Crippen molar-refractivity contribution in [3.63, 3.8) is 0 Å². The molecule has 0 aliphatic rings. The van der Waals surface area contributed by atoms with Crippen LogP contribution in [0.5, 0.6) is 0 Å². The van der Waals surface area contributed by atoms with Gasteiger partial charge in [-0.25, -0.2) is 0 Å². The van der Waals surface area contributed by atoms with Crippen molar-refractivity contribution in [3.8, 4) is 0 Å². The van der Waals surface area contributed by atoms with Gasteiger partial charge in [-0.3, -0.25) is 4.90 Å². The molecule has 0 spiro atoms. The average Bonchev–Trinajstić information content (AvgIpc) is 2.91. The Balaban J connectivity index is 2.18. The third-order valence-electron chi connectivity index (χ3n) is 3.24. The summed E-state index contributed by atoms with van der Waals surface area (Å²) in [7, 11) is 0. The van der Waals surface area contributed by atoms with Gasteiger partial charge >= 0.3 is 0 Å². The Morgan fingerprint density at radius 2 is 2.16 bits per heavy atom. The minimum atomic E-state index is 0.147. The third-order valence-corrected chi connectivity index (χ3v) is 3.48. The summed E-state index contributed by atoms with van der Waals surface area (Å²) < 4.78 is 5.41. The summed E-state index contributed by atoms with van der Waals surface area (Å²) in [4.78, 5) is 2.28. The molecule has 4 heteroatoms. The molecule has 1 aromatic carbocycles. The van der Waals surface area contributed by atoms with Gasteiger partial charge in [0.2, 0.25) is 0 Å². The van der Waals surface area contributed by atoms with Gasteiger partial charge in [0.1, 0.15) is 5.76 Å². The van der Waals surface area contributed by atoms with E-state index in [0.29, 0.717) is 6.54 Å². The maximum Gasteiger partial charge on any atom is 0.117 e. The van der Waals surface area contributed by atoms with E-state index in [2.05, 4.69) is 17.9 Å². The van der Waals surface area contributed by atoms with Gasteiger partial charge in [-0.2, -0.15) is 0 Å². The van der Waals surface area contributed by atoms with Crippen molar-refractivity contribution in [1.82, 2.24) is 4.90 Å². The van der Waals surface area contributed by atoms with E-state index in [9.17, 15) is 0 Å². The van der Waals surface area contributed by atoms with Crippen molar-refractivity contribution < 1.29 is 4.42 Å². The minimum absolute atomic E-state index is 0.147. The summed E-state index contributed by atoms with van der Waals surface area (Å²) in [5.74, 6) is 0.947. The number of nitrogens with two attached hydrogens (primary N) is 1. The molecule has 1 unspecified atom stereocenters. The molecule has 1 heterocycles. The summed E-state index contributed by atoms with van der Waals surface area (Å²) in [6, 6.07) is 11.9. The molecule has 0 saturated carbocycles. The zero-order valence-corrected chi connectivity index (χ0v) is 11.8. The first-order chi connectivity index (χ1) is 9.24. The van der Waals surface area contributed by atoms with Crippen LogP contribution in [0.3, 0.4) is 0 Å². The van der Waals surface area contributed by atoms with Crippen LogP contribution in [0, 0.1) is 0 Å². The monoisotopic (exact) mass is 278 g/mol. The SMILES string of the molecule is CCN(Cc1ccco1)C(CN)c1cccc(Cl)c1. The second-order valence-corrected chi connectivity index (χ2v) is 4.89. The van der Waals surface area contributed by atoms with Crippen molar-refractivity contribution in [3.05, 3.63) is 59.0 Å². The van der Waals surface area contributed by atoms with E-state index in [1.807, 2.05) is 30.3 Å². The first-order valence-corrected chi connectivity index (χ1v) is 6.84. The number of halogens is 1. The Morgan fingerprint density at radius 1 is 1.32 bits per heavy atom. The molecule has 1 atom stereocenters. The normalized spacial score (nSPS) is 12.8. The molecule has 19 heavy (non-hydrogen) atoms. The van der Waals surface area contributed by atoms with Gasteiger partial charge in [0.25, 0.3) is 0 Å². The second-order valence-electron chi connectivity index (χ2n) is 4.45. The van der Waals surface area contributed by atoms with Crippen molar-refractivity contribution >= 4 is 11.6 Å². The molecule has 2 N–H and O–H groups in total. The predicted octanol–water partition coefficient (Wildman–Crippen LogP) is 3.45. The number of hydrogen-bond donors (Lipinski definition) is 1. The molecule has 1 aromatic heterocycles. The van der Waals surface area contributed by atoms with E-state index in [1.54, 1.807) is 6.26 Å². The summed E-state index contributed by atoms with van der Waals surface area (Å²) in [6.45, 7) is 4.32. The van der Waals surface area contributed by atoms with E-state index in [4.69, 9.17) is 21.8 Å². The molecule has 0 bridgehead atoms. The van der Waals surface area contributed by atoms with Crippen LogP contribution in [0.25, 0.3) is 0 Å². The molecule has 0 aliphatic heterocycles. The lowest BCUT2D eigenvalue weighted by Gasteiger charge is -2.29. The summed E-state index contributed by atoms with van der Waals surface area (Å²) in [6.07, 6.45) is 1.69. The lowest BCUT2D eigenvalue weighted by molar-refractivity contribution is 0.188. The molecule has 2 rings (SSSR count). The van der Waals surface area contributed by atoms with Gasteiger partial charge in [-0.05, 0) is 36.4 Å². The predicted molar refractivity (Wildman–Crippen MR) is 78.0 cm³/mol. The number of likely N-dealkylation sites (N-methyl/N-ethyl adjacent to an activating group) is 1. The van der Waals surface area contributed by atoms with E-state index < -0.39 is 0 Å². The fraction of sp³-hybridized carbons (Fsp3) is 0.333. The van der Waals surface area contributed by atoms with Gasteiger partial charge in [0, 0.05) is 17.6 Å². The number of hydrogen-bond acceptors (Lipinski definition) is 3. The fourth-order valence-electron chi connectivity index (χ4n) is 2.25. The Hall–Kier alpha value is -1.29. The molecular weight excluding hydrogens is 260 g/mol. The highest BCUT2D eigenvalue weighted by molar-refractivity contribution is 6.30. The van der Waals surface area contributed by atoms with Crippen LogP contribution in [0.1, 0.15) is 24.3 Å². The maximum atomic E-state index is 6.06.